The highest BCUT2D eigenvalue weighted by Gasteiger charge is 2.24. The van der Waals surface area contributed by atoms with Gasteiger partial charge in [-0.15, -0.1) is 23.7 Å². The first-order chi connectivity index (χ1) is 12.8. The van der Waals surface area contributed by atoms with Crippen molar-refractivity contribution in [1.82, 2.24) is 14.8 Å². The molecule has 150 valence electrons. The summed E-state index contributed by atoms with van der Waals surface area (Å²) in [5, 5.41) is 4.61. The van der Waals surface area contributed by atoms with Gasteiger partial charge in [0.25, 0.3) is 0 Å². The van der Waals surface area contributed by atoms with Crippen LogP contribution in [0, 0.1) is 0 Å². The molecule has 3 rings (SSSR count). The predicted molar refractivity (Wildman–Crippen MR) is 107 cm³/mol. The predicted octanol–water partition coefficient (Wildman–Crippen LogP) is 2.43. The Morgan fingerprint density at radius 3 is 2.57 bits per heavy atom. The number of thiazole rings is 1. The molecule has 1 aromatic carbocycles. The first-order valence-corrected chi connectivity index (χ1v) is 10.4. The third kappa shape index (κ3) is 4.41. The topological polar surface area (TPSA) is 117 Å². The van der Waals surface area contributed by atoms with E-state index >= 15 is 0 Å². The minimum atomic E-state index is -3.86. The van der Waals surface area contributed by atoms with Crippen LogP contribution in [0.1, 0.15) is 22.3 Å². The number of nitrogens with two attached hydrogens (primary N) is 1. The molecule has 0 saturated carbocycles. The summed E-state index contributed by atoms with van der Waals surface area (Å²) in [6.45, 7) is 2.03. The molecular weight excluding hydrogens is 424 g/mol. The van der Waals surface area contributed by atoms with Gasteiger partial charge in [-0.3, -0.25) is 4.68 Å². The van der Waals surface area contributed by atoms with Crippen LogP contribution >= 0.6 is 23.7 Å². The normalized spacial score (nSPS) is 11.1. The third-order valence-corrected chi connectivity index (χ3v) is 6.95. The summed E-state index contributed by atoms with van der Waals surface area (Å²) >= 11 is 1.01. The maximum Gasteiger partial charge on any atom is 0.338 e. The minimum absolute atomic E-state index is 0. The Morgan fingerprint density at radius 1 is 1.25 bits per heavy atom. The highest BCUT2D eigenvalue weighted by molar-refractivity contribution is 7.93. The van der Waals surface area contributed by atoms with Crippen LogP contribution in [0.25, 0.3) is 11.1 Å². The van der Waals surface area contributed by atoms with E-state index < -0.39 is 15.8 Å². The molecule has 8 nitrogen and oxygen atoms in total. The second-order valence-electron chi connectivity index (χ2n) is 5.65. The zero-order valence-corrected chi connectivity index (χ0v) is 17.6. The molecule has 0 unspecified atom stereocenters. The monoisotopic (exact) mass is 442 g/mol. The molecule has 0 aliphatic heterocycles. The average molecular weight is 443 g/mol. The van der Waals surface area contributed by atoms with Crippen molar-refractivity contribution in [3.05, 3.63) is 47.4 Å². The first-order valence-electron chi connectivity index (χ1n) is 8.06. The van der Waals surface area contributed by atoms with Gasteiger partial charge < -0.3 is 10.5 Å². The summed E-state index contributed by atoms with van der Waals surface area (Å²) in [6.07, 6.45) is 4.61. The van der Waals surface area contributed by atoms with E-state index in [2.05, 4.69) is 10.1 Å². The quantitative estimate of drug-likeness (QED) is 0.582. The number of sulfone groups is 1. The lowest BCUT2D eigenvalue weighted by Gasteiger charge is -2.09. The Bertz CT molecular complexity index is 1090. The van der Waals surface area contributed by atoms with Gasteiger partial charge in [0, 0.05) is 25.4 Å². The van der Waals surface area contributed by atoms with Gasteiger partial charge in [-0.25, -0.2) is 18.2 Å². The molecule has 11 heteroatoms. The van der Waals surface area contributed by atoms with Crippen molar-refractivity contribution in [2.24, 2.45) is 12.8 Å². The smallest absolute Gasteiger partial charge is 0.338 e. The number of hydrogen-bond acceptors (Lipinski definition) is 8. The number of ether oxygens (including phenoxy) is 1. The Labute approximate surface area is 172 Å². The summed E-state index contributed by atoms with van der Waals surface area (Å²) < 4.78 is 32.8. The lowest BCUT2D eigenvalue weighted by atomic mass is 10.1. The molecule has 3 aromatic rings. The minimum Gasteiger partial charge on any atom is -0.462 e. The van der Waals surface area contributed by atoms with Gasteiger partial charge in [0.05, 0.1) is 29.5 Å². The number of aryl methyl sites for hydroxylation is 1. The summed E-state index contributed by atoms with van der Waals surface area (Å²) in [5.41, 5.74) is 6.92. The Kier molecular flexibility index (Phi) is 6.94. The highest BCUT2D eigenvalue weighted by atomic mass is 35.5. The van der Waals surface area contributed by atoms with Gasteiger partial charge in [-0.1, -0.05) is 0 Å². The number of hydrogen-bond donors (Lipinski definition) is 1. The molecule has 0 spiro atoms. The lowest BCUT2D eigenvalue weighted by Crippen LogP contribution is -2.08. The number of aromatic nitrogens is 3. The standard InChI is InChI=1S/C17H18N4O4S2.ClH/c1-3-25-17(22)12-4-11(13-8-20-21(2)10-13)5-14(6-12)27(23,24)16-9-19-15(7-18)26-16;/h4-6,8-10H,3,7,18H2,1-2H3;1H. The zero-order chi connectivity index (χ0) is 19.6. The fraction of sp³-hybridized carbons (Fsp3) is 0.235. The van der Waals surface area contributed by atoms with Crippen molar-refractivity contribution < 1.29 is 17.9 Å². The van der Waals surface area contributed by atoms with E-state index in [1.165, 1.54) is 18.3 Å². The second-order valence-corrected chi connectivity index (χ2v) is 8.94. The number of carbonyl (C=O) groups is 1. The van der Waals surface area contributed by atoms with Crippen molar-refractivity contribution in [1.29, 1.82) is 0 Å². The molecule has 2 heterocycles. The molecular formula is C17H19ClN4O4S2. The Morgan fingerprint density at radius 2 is 2.00 bits per heavy atom. The molecule has 2 N–H and O–H groups in total. The van der Waals surface area contributed by atoms with Gasteiger partial charge >= 0.3 is 5.97 Å². The van der Waals surface area contributed by atoms with Crippen LogP contribution in [0.15, 0.2) is 45.9 Å². The molecule has 0 amide bonds. The van der Waals surface area contributed by atoms with Gasteiger partial charge in [0.15, 0.2) is 0 Å². The maximum atomic E-state index is 13.0. The van der Waals surface area contributed by atoms with E-state index in [0.717, 1.165) is 11.3 Å². The molecule has 28 heavy (non-hydrogen) atoms. The zero-order valence-electron chi connectivity index (χ0n) is 15.2. The number of benzene rings is 1. The summed E-state index contributed by atoms with van der Waals surface area (Å²) in [4.78, 5) is 16.2. The first kappa shape index (κ1) is 22.0. The van der Waals surface area contributed by atoms with Crippen molar-refractivity contribution in [2.75, 3.05) is 6.61 Å². The number of esters is 1. The molecule has 0 fully saturated rings. The Hall–Kier alpha value is -2.27. The van der Waals surface area contributed by atoms with Gasteiger partial charge in [0.1, 0.15) is 9.22 Å². The van der Waals surface area contributed by atoms with Crippen LogP contribution in [0.5, 0.6) is 0 Å². The summed E-state index contributed by atoms with van der Waals surface area (Å²) in [6, 6.07) is 4.41. The van der Waals surface area contributed by atoms with E-state index in [1.807, 2.05) is 0 Å². The Balaban J connectivity index is 0.00000280. The van der Waals surface area contributed by atoms with Crippen LogP contribution in [0.3, 0.4) is 0 Å². The van der Waals surface area contributed by atoms with Crippen LogP contribution in [-0.4, -0.2) is 35.8 Å². The van der Waals surface area contributed by atoms with Crippen LogP contribution < -0.4 is 5.73 Å². The fourth-order valence-corrected chi connectivity index (χ4v) is 4.98. The molecule has 2 aromatic heterocycles. The molecule has 0 bridgehead atoms. The second kappa shape index (κ2) is 8.82. The fourth-order valence-electron chi connectivity index (χ4n) is 2.45. The van der Waals surface area contributed by atoms with Crippen molar-refractivity contribution in [3.63, 3.8) is 0 Å². The SMILES string of the molecule is CCOC(=O)c1cc(-c2cnn(C)c2)cc(S(=O)(=O)c2cnc(CN)s2)c1.Cl. The largest absolute Gasteiger partial charge is 0.462 e. The van der Waals surface area contributed by atoms with E-state index in [9.17, 15) is 13.2 Å². The average Bonchev–Trinajstić information content (AvgIpc) is 3.30. The van der Waals surface area contributed by atoms with Crippen LogP contribution in [-0.2, 0) is 28.2 Å². The van der Waals surface area contributed by atoms with Crippen molar-refractivity contribution >= 4 is 39.6 Å². The summed E-state index contributed by atoms with van der Waals surface area (Å²) in [7, 11) is -2.11. The third-order valence-electron chi connectivity index (χ3n) is 3.74. The van der Waals surface area contributed by atoms with Crippen LogP contribution in [0.2, 0.25) is 0 Å². The van der Waals surface area contributed by atoms with Crippen molar-refractivity contribution in [2.45, 2.75) is 22.6 Å². The van der Waals surface area contributed by atoms with E-state index in [0.29, 0.717) is 16.1 Å². The van der Waals surface area contributed by atoms with Gasteiger partial charge in [-0.05, 0) is 30.7 Å². The number of nitrogens with zero attached hydrogens (tertiary/aromatic N) is 3. The lowest BCUT2D eigenvalue weighted by molar-refractivity contribution is 0.0526. The van der Waals surface area contributed by atoms with Crippen molar-refractivity contribution in [3.8, 4) is 11.1 Å². The van der Waals surface area contributed by atoms with E-state index in [-0.39, 0.29) is 40.2 Å². The summed E-state index contributed by atoms with van der Waals surface area (Å²) in [5.74, 6) is -0.591. The molecule has 0 atom stereocenters. The highest BCUT2D eigenvalue weighted by Crippen LogP contribution is 2.30. The number of rotatable bonds is 6. The maximum absolute atomic E-state index is 13.0. The molecule has 0 aliphatic rings. The molecule has 0 aliphatic carbocycles. The molecule has 0 radical (unpaired) electrons. The van der Waals surface area contributed by atoms with Crippen LogP contribution in [0.4, 0.5) is 0 Å². The molecule has 0 saturated heterocycles. The number of halogens is 1. The van der Waals surface area contributed by atoms with Gasteiger partial charge in [0.2, 0.25) is 9.84 Å². The number of carbonyl (C=O) groups excluding carboxylic acids is 1. The van der Waals surface area contributed by atoms with E-state index in [4.69, 9.17) is 10.5 Å². The van der Waals surface area contributed by atoms with E-state index in [1.54, 1.807) is 37.1 Å². The van der Waals surface area contributed by atoms with Gasteiger partial charge in [-0.2, -0.15) is 5.10 Å².